The van der Waals surface area contributed by atoms with Crippen molar-refractivity contribution in [1.29, 1.82) is 0 Å². The molecule has 1 amide bonds. The Kier molecular flexibility index (Phi) is 9.50. The largest absolute Gasteiger partial charge is 0.351 e. The molecule has 0 spiro atoms. The molecule has 1 aromatic rings. The van der Waals surface area contributed by atoms with Gasteiger partial charge in [0.25, 0.3) is 0 Å². The first-order chi connectivity index (χ1) is 8.74. The second kappa shape index (κ2) is 9.94. The summed E-state index contributed by atoms with van der Waals surface area (Å²) in [4.78, 5) is 13.8. The first-order valence-electron chi connectivity index (χ1n) is 6.18. The number of rotatable bonds is 4. The van der Waals surface area contributed by atoms with E-state index in [-0.39, 0.29) is 36.5 Å². The van der Waals surface area contributed by atoms with Crippen LogP contribution in [0.1, 0.15) is 5.56 Å². The normalized spacial score (nSPS) is 14.8. The standard InChI is InChI=1S/C13H18FN3O.2ClH/c14-12-3-1-11(2-4-12)9-16-13(18)10-17-7-5-15-6-8-17;;/h1-4,15H,5-10H2,(H,16,18);2*1H. The molecule has 1 heterocycles. The first-order valence-corrected chi connectivity index (χ1v) is 6.18. The van der Waals surface area contributed by atoms with Crippen molar-refractivity contribution < 1.29 is 9.18 Å². The smallest absolute Gasteiger partial charge is 0.234 e. The van der Waals surface area contributed by atoms with Crippen molar-refractivity contribution in [3.63, 3.8) is 0 Å². The molecule has 114 valence electrons. The van der Waals surface area contributed by atoms with E-state index in [4.69, 9.17) is 0 Å². The Balaban J connectivity index is 0.00000180. The summed E-state index contributed by atoms with van der Waals surface area (Å²) in [5, 5.41) is 6.08. The van der Waals surface area contributed by atoms with Gasteiger partial charge in [0.05, 0.1) is 6.54 Å². The van der Waals surface area contributed by atoms with Crippen LogP contribution in [0.25, 0.3) is 0 Å². The van der Waals surface area contributed by atoms with Crippen LogP contribution in [-0.4, -0.2) is 43.5 Å². The van der Waals surface area contributed by atoms with Crippen molar-refractivity contribution in [3.05, 3.63) is 35.6 Å². The van der Waals surface area contributed by atoms with E-state index in [2.05, 4.69) is 15.5 Å². The van der Waals surface area contributed by atoms with Gasteiger partial charge in [-0.2, -0.15) is 0 Å². The van der Waals surface area contributed by atoms with Crippen molar-refractivity contribution in [2.24, 2.45) is 0 Å². The lowest BCUT2D eigenvalue weighted by atomic mass is 10.2. The number of nitrogens with one attached hydrogen (secondary N) is 2. The van der Waals surface area contributed by atoms with Gasteiger partial charge in [-0.3, -0.25) is 9.69 Å². The summed E-state index contributed by atoms with van der Waals surface area (Å²) in [6.07, 6.45) is 0. The van der Waals surface area contributed by atoms with Gasteiger partial charge in [-0.15, -0.1) is 24.8 Å². The molecule has 1 aromatic carbocycles. The minimum absolute atomic E-state index is 0. The maximum atomic E-state index is 12.7. The lowest BCUT2D eigenvalue weighted by molar-refractivity contribution is -0.122. The van der Waals surface area contributed by atoms with Crippen LogP contribution in [0.2, 0.25) is 0 Å². The summed E-state index contributed by atoms with van der Waals surface area (Å²) in [5.41, 5.74) is 0.907. The van der Waals surface area contributed by atoms with Crippen LogP contribution in [0.5, 0.6) is 0 Å². The van der Waals surface area contributed by atoms with Gasteiger partial charge in [0, 0.05) is 32.7 Å². The van der Waals surface area contributed by atoms with Crippen LogP contribution >= 0.6 is 24.8 Å². The molecule has 1 aliphatic rings. The van der Waals surface area contributed by atoms with Crippen molar-refractivity contribution in [3.8, 4) is 0 Å². The third-order valence-corrected chi connectivity index (χ3v) is 2.98. The van der Waals surface area contributed by atoms with Crippen LogP contribution in [-0.2, 0) is 11.3 Å². The average Bonchev–Trinajstić information content (AvgIpc) is 2.39. The van der Waals surface area contributed by atoms with E-state index in [0.29, 0.717) is 13.1 Å². The van der Waals surface area contributed by atoms with Crippen LogP contribution < -0.4 is 10.6 Å². The molecule has 1 fully saturated rings. The molecule has 4 nitrogen and oxygen atoms in total. The summed E-state index contributed by atoms with van der Waals surface area (Å²) in [7, 11) is 0. The quantitative estimate of drug-likeness (QED) is 0.875. The first kappa shape index (κ1) is 19.1. The molecule has 1 aliphatic heterocycles. The zero-order valence-corrected chi connectivity index (χ0v) is 12.7. The summed E-state index contributed by atoms with van der Waals surface area (Å²) in [6, 6.07) is 6.16. The number of hydrogen-bond donors (Lipinski definition) is 2. The molecule has 0 unspecified atom stereocenters. The van der Waals surface area contributed by atoms with Crippen molar-refractivity contribution in [2.45, 2.75) is 6.54 Å². The topological polar surface area (TPSA) is 44.4 Å². The van der Waals surface area contributed by atoms with Gasteiger partial charge in [0.2, 0.25) is 5.91 Å². The van der Waals surface area contributed by atoms with Gasteiger partial charge in [-0.25, -0.2) is 4.39 Å². The summed E-state index contributed by atoms with van der Waals surface area (Å²) in [6.45, 7) is 4.57. The second-order valence-corrected chi connectivity index (χ2v) is 4.43. The van der Waals surface area contributed by atoms with E-state index in [0.717, 1.165) is 31.7 Å². The SMILES string of the molecule is Cl.Cl.O=C(CN1CCNCC1)NCc1ccc(F)cc1. The molecule has 7 heteroatoms. The molecule has 1 saturated heterocycles. The number of hydrogen-bond acceptors (Lipinski definition) is 3. The number of carbonyl (C=O) groups is 1. The van der Waals surface area contributed by atoms with Gasteiger partial charge < -0.3 is 10.6 Å². The maximum Gasteiger partial charge on any atom is 0.234 e. The minimum atomic E-state index is -0.258. The van der Waals surface area contributed by atoms with Crippen molar-refractivity contribution in [1.82, 2.24) is 15.5 Å². The number of piperazine rings is 1. The van der Waals surface area contributed by atoms with Crippen LogP contribution in [0.4, 0.5) is 4.39 Å². The van der Waals surface area contributed by atoms with E-state index in [1.807, 2.05) is 0 Å². The third kappa shape index (κ3) is 6.52. The second-order valence-electron chi connectivity index (χ2n) is 4.43. The molecule has 2 rings (SSSR count). The molecule has 2 N–H and O–H groups in total. The molecule has 0 radical (unpaired) electrons. The van der Waals surface area contributed by atoms with E-state index in [9.17, 15) is 9.18 Å². The highest BCUT2D eigenvalue weighted by Crippen LogP contribution is 2.02. The van der Waals surface area contributed by atoms with Gasteiger partial charge in [0.15, 0.2) is 0 Å². The van der Waals surface area contributed by atoms with Gasteiger partial charge in [0.1, 0.15) is 5.82 Å². The Morgan fingerprint density at radius 1 is 1.20 bits per heavy atom. The average molecular weight is 324 g/mol. The van der Waals surface area contributed by atoms with Gasteiger partial charge in [-0.1, -0.05) is 12.1 Å². The lowest BCUT2D eigenvalue weighted by Crippen LogP contribution is -2.47. The number of halogens is 3. The Labute approximate surface area is 130 Å². The summed E-state index contributed by atoms with van der Waals surface area (Å²) in [5.74, 6) is -0.243. The Hall–Kier alpha value is -0.880. The highest BCUT2D eigenvalue weighted by atomic mass is 35.5. The number of benzene rings is 1. The highest BCUT2D eigenvalue weighted by Gasteiger charge is 2.12. The minimum Gasteiger partial charge on any atom is -0.351 e. The van der Waals surface area contributed by atoms with E-state index in [1.54, 1.807) is 12.1 Å². The molecule has 0 saturated carbocycles. The van der Waals surface area contributed by atoms with Crippen LogP contribution in [0.3, 0.4) is 0 Å². The molecular weight excluding hydrogens is 304 g/mol. The third-order valence-electron chi connectivity index (χ3n) is 2.98. The molecule has 0 bridgehead atoms. The van der Waals surface area contributed by atoms with Gasteiger partial charge in [-0.05, 0) is 17.7 Å². The lowest BCUT2D eigenvalue weighted by Gasteiger charge is -2.26. The number of carbonyl (C=O) groups excluding carboxylic acids is 1. The van der Waals surface area contributed by atoms with E-state index in [1.165, 1.54) is 12.1 Å². The van der Waals surface area contributed by atoms with Gasteiger partial charge >= 0.3 is 0 Å². The maximum absolute atomic E-state index is 12.7. The number of nitrogens with zero attached hydrogens (tertiary/aromatic N) is 1. The zero-order valence-electron chi connectivity index (χ0n) is 11.1. The fourth-order valence-corrected chi connectivity index (χ4v) is 1.93. The number of amides is 1. The van der Waals surface area contributed by atoms with E-state index < -0.39 is 0 Å². The molecule has 20 heavy (non-hydrogen) atoms. The Morgan fingerprint density at radius 2 is 1.80 bits per heavy atom. The van der Waals surface area contributed by atoms with Crippen molar-refractivity contribution >= 4 is 30.7 Å². The monoisotopic (exact) mass is 323 g/mol. The van der Waals surface area contributed by atoms with Crippen LogP contribution in [0.15, 0.2) is 24.3 Å². The fourth-order valence-electron chi connectivity index (χ4n) is 1.93. The zero-order chi connectivity index (χ0) is 12.8. The Bertz CT molecular complexity index is 397. The summed E-state index contributed by atoms with van der Waals surface area (Å²) >= 11 is 0. The van der Waals surface area contributed by atoms with Crippen molar-refractivity contribution in [2.75, 3.05) is 32.7 Å². The van der Waals surface area contributed by atoms with Crippen LogP contribution in [0, 0.1) is 5.82 Å². The fraction of sp³-hybridized carbons (Fsp3) is 0.462. The highest BCUT2D eigenvalue weighted by molar-refractivity contribution is 5.85. The predicted molar refractivity (Wildman–Crippen MR) is 82.1 cm³/mol. The molecule has 0 aromatic heterocycles. The van der Waals surface area contributed by atoms with E-state index >= 15 is 0 Å². The Morgan fingerprint density at radius 3 is 2.40 bits per heavy atom. The molecule has 0 aliphatic carbocycles. The predicted octanol–water partition coefficient (Wildman–Crippen LogP) is 1.19. The molecular formula is C13H20Cl2FN3O. The summed E-state index contributed by atoms with van der Waals surface area (Å²) < 4.78 is 12.7. The molecule has 0 atom stereocenters.